The molecule has 5 heteroatoms. The van der Waals surface area contributed by atoms with Crippen molar-refractivity contribution in [3.8, 4) is 0 Å². The Morgan fingerprint density at radius 3 is 2.59 bits per heavy atom. The summed E-state index contributed by atoms with van der Waals surface area (Å²) in [5.41, 5.74) is 2.16. The highest BCUT2D eigenvalue weighted by molar-refractivity contribution is 8.04. The molecule has 0 saturated heterocycles. The Bertz CT molecular complexity index is 766. The molecule has 4 nitrogen and oxygen atoms in total. The van der Waals surface area contributed by atoms with Gasteiger partial charge in [0.15, 0.2) is 0 Å². The first-order valence-electron chi connectivity index (χ1n) is 6.65. The lowest BCUT2D eigenvalue weighted by Crippen LogP contribution is -2.17. The van der Waals surface area contributed by atoms with E-state index < -0.39 is 0 Å². The Hall–Kier alpha value is -2.53. The van der Waals surface area contributed by atoms with Crippen molar-refractivity contribution >= 4 is 35.4 Å². The lowest BCUT2D eigenvalue weighted by Gasteiger charge is -2.18. The van der Waals surface area contributed by atoms with E-state index in [1.54, 1.807) is 30.3 Å². The van der Waals surface area contributed by atoms with Gasteiger partial charge in [0.2, 0.25) is 0 Å². The van der Waals surface area contributed by atoms with Crippen LogP contribution in [0.3, 0.4) is 0 Å². The van der Waals surface area contributed by atoms with Crippen molar-refractivity contribution in [3.05, 3.63) is 64.6 Å². The van der Waals surface area contributed by atoms with Crippen molar-refractivity contribution < 1.29 is 14.3 Å². The number of hydrogen-bond donors (Lipinski definition) is 1. The Morgan fingerprint density at radius 2 is 1.86 bits per heavy atom. The van der Waals surface area contributed by atoms with Crippen LogP contribution in [0.5, 0.6) is 0 Å². The highest BCUT2D eigenvalue weighted by atomic mass is 32.2. The van der Waals surface area contributed by atoms with E-state index in [0.29, 0.717) is 10.5 Å². The first kappa shape index (κ1) is 14.4. The molecule has 0 saturated carbocycles. The van der Waals surface area contributed by atoms with E-state index in [2.05, 4.69) is 10.1 Å². The maximum atomic E-state index is 12.1. The number of rotatable bonds is 2. The Kier molecular flexibility index (Phi) is 3.98. The molecule has 110 valence electrons. The molecule has 0 aliphatic carbocycles. The summed E-state index contributed by atoms with van der Waals surface area (Å²) in [5.74, 6) is -0.501. The average molecular weight is 311 g/mol. The first-order chi connectivity index (χ1) is 10.7. The van der Waals surface area contributed by atoms with E-state index in [4.69, 9.17) is 0 Å². The smallest absolute Gasteiger partial charge is 0.337 e. The normalized spacial score (nSPS) is 15.1. The number of nitrogens with one attached hydrogen (secondary N) is 1. The molecule has 0 aromatic heterocycles. The molecular weight excluding hydrogens is 298 g/mol. The van der Waals surface area contributed by atoms with Crippen molar-refractivity contribution in [2.75, 3.05) is 12.4 Å². The minimum atomic E-state index is -0.377. The van der Waals surface area contributed by atoms with E-state index in [1.165, 1.54) is 18.9 Å². The second-order valence-electron chi connectivity index (χ2n) is 4.67. The number of anilines is 1. The third kappa shape index (κ3) is 2.89. The quantitative estimate of drug-likeness (QED) is 0.680. The van der Waals surface area contributed by atoms with E-state index in [-0.39, 0.29) is 11.9 Å². The third-order valence-electron chi connectivity index (χ3n) is 3.21. The number of methoxy groups -OCH3 is 1. The van der Waals surface area contributed by atoms with E-state index >= 15 is 0 Å². The Labute approximate surface area is 132 Å². The van der Waals surface area contributed by atoms with Gasteiger partial charge in [-0.2, -0.15) is 0 Å². The van der Waals surface area contributed by atoms with Crippen LogP contribution in [0.1, 0.15) is 15.9 Å². The van der Waals surface area contributed by atoms with Gasteiger partial charge in [-0.25, -0.2) is 4.79 Å². The number of ether oxygens (including phenoxy) is 1. The first-order valence-corrected chi connectivity index (χ1v) is 7.47. The van der Waals surface area contributed by atoms with Gasteiger partial charge in [0.1, 0.15) is 0 Å². The number of benzene rings is 2. The third-order valence-corrected chi connectivity index (χ3v) is 4.31. The molecule has 0 bridgehead atoms. The second-order valence-corrected chi connectivity index (χ2v) is 5.76. The zero-order valence-corrected chi connectivity index (χ0v) is 12.6. The Morgan fingerprint density at radius 1 is 1.14 bits per heavy atom. The zero-order valence-electron chi connectivity index (χ0n) is 11.8. The van der Waals surface area contributed by atoms with Crippen LogP contribution in [0, 0.1) is 0 Å². The monoisotopic (exact) mass is 311 g/mol. The fourth-order valence-electron chi connectivity index (χ4n) is 2.09. The van der Waals surface area contributed by atoms with Crippen LogP contribution in [0.4, 0.5) is 5.69 Å². The van der Waals surface area contributed by atoms with Crippen molar-refractivity contribution in [1.82, 2.24) is 0 Å². The minimum Gasteiger partial charge on any atom is -0.465 e. The minimum absolute atomic E-state index is 0.124. The van der Waals surface area contributed by atoms with Gasteiger partial charge < -0.3 is 10.1 Å². The van der Waals surface area contributed by atoms with Gasteiger partial charge in [0.25, 0.3) is 5.91 Å². The molecule has 22 heavy (non-hydrogen) atoms. The van der Waals surface area contributed by atoms with Gasteiger partial charge in [-0.05, 0) is 35.9 Å². The number of fused-ring (bicyclic) bond motifs is 1. The summed E-state index contributed by atoms with van der Waals surface area (Å²) in [7, 11) is 1.35. The molecule has 0 radical (unpaired) electrons. The van der Waals surface area contributed by atoms with Crippen LogP contribution >= 0.6 is 11.8 Å². The molecule has 2 aromatic carbocycles. The second kappa shape index (κ2) is 6.07. The zero-order chi connectivity index (χ0) is 15.5. The summed E-state index contributed by atoms with van der Waals surface area (Å²) in [4.78, 5) is 25.1. The number of amides is 1. The number of esters is 1. The maximum Gasteiger partial charge on any atom is 0.337 e. The standard InChI is InChI=1S/C17H13NO3S/c1-21-17(20)12-8-6-11(7-9-12)10-15-16(19)18-13-4-2-3-5-14(13)22-15/h2-10H,1H3,(H,18,19). The van der Waals surface area contributed by atoms with Gasteiger partial charge in [-0.15, -0.1) is 0 Å². The van der Waals surface area contributed by atoms with Crippen LogP contribution in [0.2, 0.25) is 0 Å². The molecule has 2 aromatic rings. The van der Waals surface area contributed by atoms with Gasteiger partial charge in [-0.3, -0.25) is 4.79 Å². The van der Waals surface area contributed by atoms with Crippen LogP contribution in [-0.2, 0) is 9.53 Å². The molecule has 1 heterocycles. The van der Waals surface area contributed by atoms with Gasteiger partial charge in [0.05, 0.1) is 23.3 Å². The number of thioether (sulfide) groups is 1. The van der Waals surface area contributed by atoms with Crippen LogP contribution in [-0.4, -0.2) is 19.0 Å². The van der Waals surface area contributed by atoms with E-state index in [9.17, 15) is 9.59 Å². The summed E-state index contributed by atoms with van der Waals surface area (Å²) >= 11 is 1.43. The molecule has 0 spiro atoms. The molecule has 1 aliphatic heterocycles. The molecule has 0 atom stereocenters. The average Bonchev–Trinajstić information content (AvgIpc) is 2.55. The summed E-state index contributed by atoms with van der Waals surface area (Å²) in [5, 5.41) is 2.87. The Balaban J connectivity index is 1.86. The topological polar surface area (TPSA) is 55.4 Å². The predicted octanol–water partition coefficient (Wildman–Crippen LogP) is 3.56. The highest BCUT2D eigenvalue weighted by Crippen LogP contribution is 2.38. The van der Waals surface area contributed by atoms with Crippen molar-refractivity contribution in [1.29, 1.82) is 0 Å². The highest BCUT2D eigenvalue weighted by Gasteiger charge is 2.20. The van der Waals surface area contributed by atoms with Crippen molar-refractivity contribution in [3.63, 3.8) is 0 Å². The number of carbonyl (C=O) groups excluding carboxylic acids is 2. The number of carbonyl (C=O) groups is 2. The fraction of sp³-hybridized carbons (Fsp3) is 0.0588. The van der Waals surface area contributed by atoms with Crippen LogP contribution in [0.25, 0.3) is 6.08 Å². The molecular formula is C17H13NO3S. The van der Waals surface area contributed by atoms with Gasteiger partial charge >= 0.3 is 5.97 Å². The van der Waals surface area contributed by atoms with Gasteiger partial charge in [0, 0.05) is 4.90 Å². The summed E-state index contributed by atoms with van der Waals surface area (Å²) in [6, 6.07) is 14.6. The molecule has 1 N–H and O–H groups in total. The van der Waals surface area contributed by atoms with Crippen molar-refractivity contribution in [2.24, 2.45) is 0 Å². The van der Waals surface area contributed by atoms with Crippen molar-refractivity contribution in [2.45, 2.75) is 4.90 Å². The lowest BCUT2D eigenvalue weighted by molar-refractivity contribution is -0.112. The van der Waals surface area contributed by atoms with E-state index in [0.717, 1.165) is 16.1 Å². The summed E-state index contributed by atoms with van der Waals surface area (Å²) in [6.07, 6.45) is 1.80. The van der Waals surface area contributed by atoms with Crippen LogP contribution in [0.15, 0.2) is 58.3 Å². The summed E-state index contributed by atoms with van der Waals surface area (Å²) in [6.45, 7) is 0. The lowest BCUT2D eigenvalue weighted by atomic mass is 10.1. The molecule has 0 unspecified atom stereocenters. The number of para-hydroxylation sites is 1. The predicted molar refractivity (Wildman–Crippen MR) is 86.7 cm³/mol. The molecule has 1 aliphatic rings. The molecule has 3 rings (SSSR count). The maximum absolute atomic E-state index is 12.1. The van der Waals surface area contributed by atoms with Crippen LogP contribution < -0.4 is 5.32 Å². The number of hydrogen-bond acceptors (Lipinski definition) is 4. The van der Waals surface area contributed by atoms with Gasteiger partial charge in [-0.1, -0.05) is 36.0 Å². The molecule has 0 fully saturated rings. The summed E-state index contributed by atoms with van der Waals surface area (Å²) < 4.78 is 4.66. The SMILES string of the molecule is COC(=O)c1ccc(C=C2Sc3ccccc3NC2=O)cc1. The fourth-order valence-corrected chi connectivity index (χ4v) is 3.04. The molecule has 1 amide bonds. The van der Waals surface area contributed by atoms with E-state index in [1.807, 2.05) is 24.3 Å². The largest absolute Gasteiger partial charge is 0.465 e.